The molecule has 0 saturated carbocycles. The maximum atomic E-state index is 12.5. The molecular weight excluding hydrogens is 813 g/mol. The van der Waals surface area contributed by atoms with Gasteiger partial charge in [-0.15, -0.1) is 0 Å². The molecule has 0 fully saturated rings. The van der Waals surface area contributed by atoms with Crippen molar-refractivity contribution >= 4 is 44.7 Å². The van der Waals surface area contributed by atoms with Crippen LogP contribution in [0.1, 0.15) is 81.6 Å². The van der Waals surface area contributed by atoms with E-state index in [0.717, 1.165) is 0 Å². The predicted octanol–water partition coefficient (Wildman–Crippen LogP) is 4.78. The van der Waals surface area contributed by atoms with Crippen molar-refractivity contribution in [1.29, 1.82) is 0 Å². The van der Waals surface area contributed by atoms with Crippen LogP contribution in [0.4, 0.5) is 14.4 Å². The van der Waals surface area contributed by atoms with Gasteiger partial charge in [0, 0.05) is 117 Å². The van der Waals surface area contributed by atoms with Gasteiger partial charge < -0.3 is 70.0 Å². The van der Waals surface area contributed by atoms with Gasteiger partial charge in [0.15, 0.2) is 0 Å². The molecule has 0 heterocycles. The lowest BCUT2D eigenvalue weighted by Crippen LogP contribution is -2.46. The largest absolute Gasteiger partial charge is 0.500 e. The number of alkyl carbamates (subject to hydrolysis) is 3. The van der Waals surface area contributed by atoms with Gasteiger partial charge in [-0.05, 0) is 81.6 Å². The van der Waals surface area contributed by atoms with E-state index in [2.05, 4.69) is 16.0 Å². The van der Waals surface area contributed by atoms with Gasteiger partial charge in [-0.3, -0.25) is 4.90 Å². The average molecular weight is 891 g/mol. The fraction of sp³-hybridized carbons (Fsp3) is 0.917. The molecule has 0 aliphatic carbocycles. The Morgan fingerprint density at radius 1 is 0.379 bits per heavy atom. The summed E-state index contributed by atoms with van der Waals surface area (Å²) < 4.78 is 69.1. The minimum atomic E-state index is -2.81. The first-order valence-electron chi connectivity index (χ1n) is 21.2. The molecule has 3 amide bonds. The molecule has 0 atom stereocenters. The predicted molar refractivity (Wildman–Crippen MR) is 225 cm³/mol. The van der Waals surface area contributed by atoms with Crippen LogP contribution in [0.3, 0.4) is 0 Å². The van der Waals surface area contributed by atoms with Crippen LogP contribution in [0.25, 0.3) is 0 Å². The standard InChI is InChI=1S/C36H78N4O15Si3/c1-10-47-56(48-11-2,49-12-3)31-19-22-37-34(41)44-28-25-40(26-29-45-35(42)38-23-20-32-57(50-13-4,51-14-5)52-15-6)27-30-46-36(43)39-24-21-33-58(53-16-7,54-17-8)55-18-9/h10-33H2,1-9H3,(H,37,41)(H,38,42)(H,39,43). The van der Waals surface area contributed by atoms with E-state index < -0.39 is 44.7 Å². The molecule has 0 radical (unpaired) electrons. The first kappa shape index (κ1) is 56.1. The Morgan fingerprint density at radius 2 is 0.586 bits per heavy atom. The fourth-order valence-electron chi connectivity index (χ4n) is 5.78. The lowest BCUT2D eigenvalue weighted by atomic mass is 10.4. The van der Waals surface area contributed by atoms with Gasteiger partial charge in [0.25, 0.3) is 0 Å². The monoisotopic (exact) mass is 890 g/mol. The van der Waals surface area contributed by atoms with E-state index in [-0.39, 0.29) is 19.8 Å². The molecule has 0 aromatic heterocycles. The molecule has 344 valence electrons. The number of hydrogen-bond acceptors (Lipinski definition) is 16. The Morgan fingerprint density at radius 3 is 0.776 bits per heavy atom. The highest BCUT2D eigenvalue weighted by atomic mass is 28.4. The van der Waals surface area contributed by atoms with E-state index in [1.54, 1.807) is 0 Å². The number of rotatable bonds is 39. The second kappa shape index (κ2) is 35.8. The minimum Gasteiger partial charge on any atom is -0.448 e. The maximum absolute atomic E-state index is 12.5. The second-order valence-corrected chi connectivity index (χ2v) is 20.5. The van der Waals surface area contributed by atoms with Crippen LogP contribution in [0, 0.1) is 0 Å². The molecule has 0 saturated heterocycles. The zero-order chi connectivity index (χ0) is 43.4. The lowest BCUT2D eigenvalue weighted by Gasteiger charge is -2.28. The number of nitrogens with one attached hydrogen (secondary N) is 3. The SMILES string of the molecule is CCO[Si](CCCNC(=O)OCCN(CCOC(=O)NCCC[Si](OCC)(OCC)OCC)CCOC(=O)NCCC[Si](OCC)(OCC)OCC)(OCC)OCC. The molecule has 0 aromatic carbocycles. The molecule has 0 aromatic rings. The van der Waals surface area contributed by atoms with Crippen molar-refractivity contribution in [1.82, 2.24) is 20.9 Å². The van der Waals surface area contributed by atoms with Crippen molar-refractivity contribution < 1.29 is 68.4 Å². The summed E-state index contributed by atoms with van der Waals surface area (Å²) in [6.07, 6.45) is 0.0625. The zero-order valence-electron chi connectivity index (χ0n) is 37.0. The minimum absolute atomic E-state index is 0.0516. The van der Waals surface area contributed by atoms with Gasteiger partial charge in [-0.1, -0.05) is 0 Å². The van der Waals surface area contributed by atoms with E-state index in [1.807, 2.05) is 67.2 Å². The lowest BCUT2D eigenvalue weighted by molar-refractivity contribution is 0.0699. The van der Waals surface area contributed by atoms with Gasteiger partial charge in [-0.2, -0.15) is 0 Å². The third-order valence-corrected chi connectivity index (χ3v) is 17.4. The molecule has 0 rings (SSSR count). The van der Waals surface area contributed by atoms with Crippen LogP contribution in [0.2, 0.25) is 18.1 Å². The Labute approximate surface area is 351 Å². The van der Waals surface area contributed by atoms with Crippen molar-refractivity contribution in [3.63, 3.8) is 0 Å². The molecule has 22 heteroatoms. The van der Waals surface area contributed by atoms with E-state index >= 15 is 0 Å². The summed E-state index contributed by atoms with van der Waals surface area (Å²) in [6, 6.07) is 1.68. The smallest absolute Gasteiger partial charge is 0.448 e. The molecule has 19 nitrogen and oxygen atoms in total. The number of ether oxygens (including phenoxy) is 3. The van der Waals surface area contributed by atoms with Gasteiger partial charge in [0.1, 0.15) is 19.8 Å². The van der Waals surface area contributed by atoms with E-state index in [0.29, 0.717) is 136 Å². The van der Waals surface area contributed by atoms with Crippen LogP contribution in [-0.2, 0) is 54.0 Å². The molecule has 3 N–H and O–H groups in total. The maximum Gasteiger partial charge on any atom is 0.500 e. The summed E-state index contributed by atoms with van der Waals surface area (Å²) in [6.45, 7) is 23.5. The molecular formula is C36H78N4O15Si3. The van der Waals surface area contributed by atoms with Crippen LogP contribution in [0.5, 0.6) is 0 Å². The average Bonchev–Trinajstić information content (AvgIpc) is 3.18. The Bertz CT molecular complexity index is 870. The quantitative estimate of drug-likeness (QED) is 0.0432. The fourth-order valence-corrected chi connectivity index (χ4v) is 13.6. The van der Waals surface area contributed by atoms with E-state index in [1.165, 1.54) is 0 Å². The molecule has 0 unspecified atom stereocenters. The number of hydrogen-bond donors (Lipinski definition) is 3. The molecule has 0 aliphatic heterocycles. The van der Waals surface area contributed by atoms with Gasteiger partial charge in [0.2, 0.25) is 0 Å². The number of carbonyl (C=O) groups is 3. The normalized spacial score (nSPS) is 12.1. The van der Waals surface area contributed by atoms with Crippen LogP contribution in [0.15, 0.2) is 0 Å². The van der Waals surface area contributed by atoms with Crippen molar-refractivity contribution in [2.75, 3.05) is 119 Å². The third kappa shape index (κ3) is 26.3. The second-order valence-electron chi connectivity index (χ2n) is 12.3. The highest BCUT2D eigenvalue weighted by Gasteiger charge is 2.41. The summed E-state index contributed by atoms with van der Waals surface area (Å²) in [7, 11) is -8.43. The summed E-state index contributed by atoms with van der Waals surface area (Å²) in [5.41, 5.74) is 0. The summed E-state index contributed by atoms with van der Waals surface area (Å²) in [5, 5.41) is 8.28. The first-order valence-corrected chi connectivity index (χ1v) is 27.0. The van der Waals surface area contributed by atoms with Crippen molar-refractivity contribution in [3.8, 4) is 0 Å². The number of nitrogens with zero attached hydrogens (tertiary/aromatic N) is 1. The van der Waals surface area contributed by atoms with Crippen molar-refractivity contribution in [2.24, 2.45) is 0 Å². The summed E-state index contributed by atoms with van der Waals surface area (Å²) in [5.74, 6) is 0. The highest BCUT2D eigenvalue weighted by Crippen LogP contribution is 2.20. The molecule has 58 heavy (non-hydrogen) atoms. The Hall–Kier alpha value is -1.94. The van der Waals surface area contributed by atoms with Gasteiger partial charge in [-0.25, -0.2) is 14.4 Å². The van der Waals surface area contributed by atoms with E-state index in [4.69, 9.17) is 54.0 Å². The molecule has 0 aliphatic rings. The van der Waals surface area contributed by atoms with Crippen LogP contribution < -0.4 is 16.0 Å². The number of carbonyl (C=O) groups excluding carboxylic acids is 3. The summed E-state index contributed by atoms with van der Waals surface area (Å²) in [4.78, 5) is 39.4. The van der Waals surface area contributed by atoms with Crippen molar-refractivity contribution in [2.45, 2.75) is 99.7 Å². The van der Waals surface area contributed by atoms with E-state index in [9.17, 15) is 14.4 Å². The number of amides is 3. The van der Waals surface area contributed by atoms with Gasteiger partial charge >= 0.3 is 44.7 Å². The van der Waals surface area contributed by atoms with Crippen molar-refractivity contribution in [3.05, 3.63) is 0 Å². The topological polar surface area (TPSA) is 201 Å². The third-order valence-electron chi connectivity index (χ3n) is 7.99. The summed E-state index contributed by atoms with van der Waals surface area (Å²) >= 11 is 0. The Balaban J connectivity index is 5.07. The van der Waals surface area contributed by atoms with Gasteiger partial charge in [0.05, 0.1) is 0 Å². The van der Waals surface area contributed by atoms with Crippen LogP contribution in [-0.4, -0.2) is 168 Å². The Kier molecular flexibility index (Phi) is 34.6. The molecule has 0 spiro atoms. The van der Waals surface area contributed by atoms with Crippen LogP contribution >= 0.6 is 0 Å². The first-order chi connectivity index (χ1) is 28.0. The zero-order valence-corrected chi connectivity index (χ0v) is 40.0. The highest BCUT2D eigenvalue weighted by molar-refractivity contribution is 6.61. The molecule has 0 bridgehead atoms.